The summed E-state index contributed by atoms with van der Waals surface area (Å²) in [7, 11) is 0. The van der Waals surface area contributed by atoms with Gasteiger partial charge in [0.2, 0.25) is 0 Å². The van der Waals surface area contributed by atoms with Crippen LogP contribution in [0.15, 0.2) is 61.1 Å². The minimum atomic E-state index is -0.166. The minimum absolute atomic E-state index is 0.0888. The SMILES string of the molecule is CCc1ccc(C(C)NC(=O)c2cccnc2-n2cccn2)cc1. The molecule has 3 aromatic rings. The van der Waals surface area contributed by atoms with Crippen molar-refractivity contribution in [2.75, 3.05) is 0 Å². The lowest BCUT2D eigenvalue weighted by Crippen LogP contribution is -2.28. The molecule has 1 atom stereocenters. The molecule has 0 saturated carbocycles. The Bertz CT molecular complexity index is 810. The number of aryl methyl sites for hydroxylation is 1. The summed E-state index contributed by atoms with van der Waals surface area (Å²) in [6.45, 7) is 4.10. The zero-order valence-corrected chi connectivity index (χ0v) is 13.8. The minimum Gasteiger partial charge on any atom is -0.345 e. The maximum atomic E-state index is 12.7. The van der Waals surface area contributed by atoms with Gasteiger partial charge in [0.25, 0.3) is 5.91 Å². The monoisotopic (exact) mass is 320 g/mol. The van der Waals surface area contributed by atoms with Gasteiger partial charge in [-0.15, -0.1) is 0 Å². The zero-order valence-electron chi connectivity index (χ0n) is 13.8. The fourth-order valence-electron chi connectivity index (χ4n) is 2.55. The van der Waals surface area contributed by atoms with E-state index in [1.807, 2.05) is 6.92 Å². The highest BCUT2D eigenvalue weighted by molar-refractivity contribution is 5.97. The normalized spacial score (nSPS) is 11.9. The van der Waals surface area contributed by atoms with Crippen LogP contribution in [0.4, 0.5) is 0 Å². The third-order valence-corrected chi connectivity index (χ3v) is 3.99. The van der Waals surface area contributed by atoms with Gasteiger partial charge >= 0.3 is 0 Å². The summed E-state index contributed by atoms with van der Waals surface area (Å²) in [5.41, 5.74) is 2.86. The Labute approximate surface area is 141 Å². The van der Waals surface area contributed by atoms with Crippen molar-refractivity contribution in [3.63, 3.8) is 0 Å². The van der Waals surface area contributed by atoms with Gasteiger partial charge < -0.3 is 5.32 Å². The van der Waals surface area contributed by atoms with Crippen molar-refractivity contribution in [3.8, 4) is 5.82 Å². The maximum Gasteiger partial charge on any atom is 0.255 e. The van der Waals surface area contributed by atoms with Crippen LogP contribution in [0.2, 0.25) is 0 Å². The number of amides is 1. The van der Waals surface area contributed by atoms with E-state index >= 15 is 0 Å². The van der Waals surface area contributed by atoms with Gasteiger partial charge in [-0.1, -0.05) is 31.2 Å². The number of benzene rings is 1. The number of aromatic nitrogens is 3. The van der Waals surface area contributed by atoms with Crippen LogP contribution >= 0.6 is 0 Å². The van der Waals surface area contributed by atoms with Crippen molar-refractivity contribution in [2.45, 2.75) is 26.3 Å². The summed E-state index contributed by atoms with van der Waals surface area (Å²) < 4.78 is 1.59. The highest BCUT2D eigenvalue weighted by Crippen LogP contribution is 2.16. The van der Waals surface area contributed by atoms with E-state index < -0.39 is 0 Å². The first kappa shape index (κ1) is 15.9. The standard InChI is InChI=1S/C19H20N4O/c1-3-15-7-9-16(10-8-15)14(2)22-19(24)17-6-4-11-20-18(17)23-13-5-12-21-23/h4-14H,3H2,1-2H3,(H,22,24). The lowest BCUT2D eigenvalue weighted by atomic mass is 10.0. The Morgan fingerprint density at radius 3 is 2.62 bits per heavy atom. The van der Waals surface area contributed by atoms with E-state index in [1.165, 1.54) is 5.56 Å². The topological polar surface area (TPSA) is 59.8 Å². The smallest absolute Gasteiger partial charge is 0.255 e. The molecule has 0 saturated heterocycles. The van der Waals surface area contributed by atoms with Crippen molar-refractivity contribution in [3.05, 3.63) is 77.7 Å². The molecule has 0 fully saturated rings. The molecular weight excluding hydrogens is 300 g/mol. The second-order valence-electron chi connectivity index (χ2n) is 5.62. The average Bonchev–Trinajstić information content (AvgIpc) is 3.16. The first-order valence-corrected chi connectivity index (χ1v) is 8.03. The summed E-state index contributed by atoms with van der Waals surface area (Å²) in [5.74, 6) is 0.356. The van der Waals surface area contributed by atoms with Crippen molar-refractivity contribution in [2.24, 2.45) is 0 Å². The molecule has 1 unspecified atom stereocenters. The van der Waals surface area contributed by atoms with Crippen LogP contribution in [0.3, 0.4) is 0 Å². The third-order valence-electron chi connectivity index (χ3n) is 3.99. The Hall–Kier alpha value is -2.95. The fraction of sp³-hybridized carbons (Fsp3) is 0.211. The average molecular weight is 320 g/mol. The number of nitrogens with zero attached hydrogens (tertiary/aromatic N) is 3. The molecule has 5 nitrogen and oxygen atoms in total. The van der Waals surface area contributed by atoms with Gasteiger partial charge in [-0.3, -0.25) is 4.79 Å². The number of carbonyl (C=O) groups excluding carboxylic acids is 1. The number of pyridine rings is 1. The summed E-state index contributed by atoms with van der Waals surface area (Å²) in [6, 6.07) is 13.5. The molecule has 0 aliphatic rings. The molecule has 2 aromatic heterocycles. The Balaban J connectivity index is 1.80. The molecule has 2 heterocycles. The summed E-state index contributed by atoms with van der Waals surface area (Å²) in [6.07, 6.45) is 6.09. The summed E-state index contributed by atoms with van der Waals surface area (Å²) in [5, 5.41) is 7.19. The molecule has 1 amide bonds. The number of nitrogens with one attached hydrogen (secondary N) is 1. The first-order valence-electron chi connectivity index (χ1n) is 8.03. The maximum absolute atomic E-state index is 12.7. The molecule has 5 heteroatoms. The van der Waals surface area contributed by atoms with Gasteiger partial charge in [-0.05, 0) is 42.7 Å². The van der Waals surface area contributed by atoms with Crippen molar-refractivity contribution >= 4 is 5.91 Å². The van der Waals surface area contributed by atoms with Crippen LogP contribution in [-0.2, 0) is 6.42 Å². The molecule has 122 valence electrons. The van der Waals surface area contributed by atoms with E-state index in [-0.39, 0.29) is 11.9 Å². The molecule has 1 N–H and O–H groups in total. The molecule has 0 spiro atoms. The molecule has 3 rings (SSSR count). The van der Waals surface area contributed by atoms with Gasteiger partial charge in [-0.2, -0.15) is 5.10 Å². The summed E-state index contributed by atoms with van der Waals surface area (Å²) >= 11 is 0. The Morgan fingerprint density at radius 2 is 1.96 bits per heavy atom. The van der Waals surface area contributed by atoms with Crippen molar-refractivity contribution in [1.29, 1.82) is 0 Å². The van der Waals surface area contributed by atoms with Crippen LogP contribution in [0, 0.1) is 0 Å². The van der Waals surface area contributed by atoms with Crippen LogP contribution in [0.25, 0.3) is 5.82 Å². The van der Waals surface area contributed by atoms with E-state index in [1.54, 1.807) is 41.5 Å². The molecule has 0 radical (unpaired) electrons. The number of carbonyl (C=O) groups is 1. The molecule has 0 aliphatic carbocycles. The van der Waals surface area contributed by atoms with Crippen LogP contribution in [0.5, 0.6) is 0 Å². The lowest BCUT2D eigenvalue weighted by Gasteiger charge is -2.16. The Morgan fingerprint density at radius 1 is 1.17 bits per heavy atom. The van der Waals surface area contributed by atoms with Gasteiger partial charge in [0.15, 0.2) is 5.82 Å². The highest BCUT2D eigenvalue weighted by Gasteiger charge is 2.16. The van der Waals surface area contributed by atoms with Crippen LogP contribution < -0.4 is 5.32 Å². The predicted octanol–water partition coefficient (Wildman–Crippen LogP) is 3.32. The van der Waals surface area contributed by atoms with Crippen LogP contribution in [0.1, 0.15) is 41.4 Å². The molecule has 0 aliphatic heterocycles. The van der Waals surface area contributed by atoms with E-state index in [0.717, 1.165) is 12.0 Å². The van der Waals surface area contributed by atoms with E-state index in [2.05, 4.69) is 46.6 Å². The molecule has 1 aromatic carbocycles. The first-order chi connectivity index (χ1) is 11.7. The van der Waals surface area contributed by atoms with E-state index in [4.69, 9.17) is 0 Å². The summed E-state index contributed by atoms with van der Waals surface area (Å²) in [4.78, 5) is 17.0. The lowest BCUT2D eigenvalue weighted by molar-refractivity contribution is 0.0939. The van der Waals surface area contributed by atoms with Gasteiger partial charge in [0, 0.05) is 18.6 Å². The van der Waals surface area contributed by atoms with Gasteiger partial charge in [0.05, 0.1) is 11.6 Å². The number of rotatable bonds is 5. The number of hydrogen-bond donors (Lipinski definition) is 1. The number of hydrogen-bond acceptors (Lipinski definition) is 3. The molecule has 0 bridgehead atoms. The Kier molecular flexibility index (Phi) is 4.70. The van der Waals surface area contributed by atoms with E-state index in [0.29, 0.717) is 11.4 Å². The second-order valence-corrected chi connectivity index (χ2v) is 5.62. The van der Waals surface area contributed by atoms with Gasteiger partial charge in [-0.25, -0.2) is 9.67 Å². The zero-order chi connectivity index (χ0) is 16.9. The second kappa shape index (κ2) is 7.08. The van der Waals surface area contributed by atoms with Gasteiger partial charge in [0.1, 0.15) is 0 Å². The molecule has 24 heavy (non-hydrogen) atoms. The third kappa shape index (κ3) is 3.35. The largest absolute Gasteiger partial charge is 0.345 e. The molecular formula is C19H20N4O. The fourth-order valence-corrected chi connectivity index (χ4v) is 2.55. The van der Waals surface area contributed by atoms with Crippen molar-refractivity contribution < 1.29 is 4.79 Å². The van der Waals surface area contributed by atoms with Crippen molar-refractivity contribution in [1.82, 2.24) is 20.1 Å². The van der Waals surface area contributed by atoms with E-state index in [9.17, 15) is 4.79 Å². The highest BCUT2D eigenvalue weighted by atomic mass is 16.1. The predicted molar refractivity (Wildman–Crippen MR) is 93.1 cm³/mol. The quantitative estimate of drug-likeness (QED) is 0.784. The van der Waals surface area contributed by atoms with Crippen LogP contribution in [-0.4, -0.2) is 20.7 Å².